The van der Waals surface area contributed by atoms with Gasteiger partial charge in [0.25, 0.3) is 0 Å². The van der Waals surface area contributed by atoms with Gasteiger partial charge in [-0.1, -0.05) is 41.1 Å². The van der Waals surface area contributed by atoms with Crippen LogP contribution in [0.3, 0.4) is 0 Å². The number of benzene rings is 1. The summed E-state index contributed by atoms with van der Waals surface area (Å²) >= 11 is 3.43. The van der Waals surface area contributed by atoms with E-state index in [1.807, 2.05) is 25.1 Å². The molecular weight excluding hydrogens is 219 g/mol. The van der Waals surface area contributed by atoms with Crippen LogP contribution in [-0.4, -0.2) is 6.67 Å². The molecule has 65 valence electrons. The van der Waals surface area contributed by atoms with Crippen molar-refractivity contribution < 1.29 is 4.39 Å². The summed E-state index contributed by atoms with van der Waals surface area (Å²) in [4.78, 5) is 0. The molecule has 0 heterocycles. The first-order valence-corrected chi connectivity index (χ1v) is 4.60. The van der Waals surface area contributed by atoms with Gasteiger partial charge in [-0.25, -0.2) is 0 Å². The molecular formula is C10H11BrF. The maximum absolute atomic E-state index is 12.3. The highest BCUT2D eigenvalue weighted by atomic mass is 79.9. The van der Waals surface area contributed by atoms with Gasteiger partial charge in [-0.2, -0.15) is 0 Å². The first kappa shape index (κ1) is 9.72. The van der Waals surface area contributed by atoms with Crippen LogP contribution in [-0.2, 0) is 0 Å². The predicted octanol–water partition coefficient (Wildman–Crippen LogP) is 3.67. The van der Waals surface area contributed by atoms with E-state index in [-0.39, 0.29) is 6.67 Å². The fourth-order valence-corrected chi connectivity index (χ4v) is 1.65. The highest BCUT2D eigenvalue weighted by molar-refractivity contribution is 9.10. The minimum Gasteiger partial charge on any atom is -0.250 e. The molecule has 2 heteroatoms. The quantitative estimate of drug-likeness (QED) is 0.727. The van der Waals surface area contributed by atoms with Gasteiger partial charge < -0.3 is 0 Å². The van der Waals surface area contributed by atoms with Crippen molar-refractivity contribution in [2.45, 2.75) is 13.8 Å². The fraction of sp³-hybridized carbons (Fsp3) is 0.300. The van der Waals surface area contributed by atoms with Gasteiger partial charge in [0.05, 0.1) is 6.67 Å². The molecule has 1 rings (SSSR count). The normalized spacial score (nSPS) is 10.8. The van der Waals surface area contributed by atoms with Gasteiger partial charge in [-0.15, -0.1) is 0 Å². The van der Waals surface area contributed by atoms with Crippen molar-refractivity contribution in [1.29, 1.82) is 0 Å². The van der Waals surface area contributed by atoms with Crippen LogP contribution in [0.1, 0.15) is 18.1 Å². The van der Waals surface area contributed by atoms with Gasteiger partial charge in [0.2, 0.25) is 0 Å². The fourth-order valence-electron chi connectivity index (χ4n) is 1.05. The molecule has 0 bridgehead atoms. The summed E-state index contributed by atoms with van der Waals surface area (Å²) in [6.07, 6.45) is 0. The van der Waals surface area contributed by atoms with Crippen LogP contribution >= 0.6 is 15.9 Å². The van der Waals surface area contributed by atoms with E-state index in [1.54, 1.807) is 6.92 Å². The molecule has 0 N–H and O–H groups in total. The Morgan fingerprint density at radius 3 is 2.75 bits per heavy atom. The van der Waals surface area contributed by atoms with Gasteiger partial charge in [0, 0.05) is 10.4 Å². The third-order valence-corrected chi connectivity index (χ3v) is 2.90. The van der Waals surface area contributed by atoms with E-state index in [0.717, 1.165) is 21.5 Å². The molecule has 0 amide bonds. The van der Waals surface area contributed by atoms with E-state index in [0.29, 0.717) is 0 Å². The van der Waals surface area contributed by atoms with Crippen LogP contribution < -0.4 is 0 Å². The van der Waals surface area contributed by atoms with Crippen molar-refractivity contribution in [2.24, 2.45) is 0 Å². The summed E-state index contributed by atoms with van der Waals surface area (Å²) in [6.45, 7) is 3.42. The SMILES string of the molecule is C[C](CF)c1cccc(C)c1Br. The number of hydrogen-bond acceptors (Lipinski definition) is 0. The molecule has 0 aromatic heterocycles. The van der Waals surface area contributed by atoms with E-state index < -0.39 is 0 Å². The van der Waals surface area contributed by atoms with E-state index in [1.165, 1.54) is 0 Å². The molecule has 0 unspecified atom stereocenters. The minimum atomic E-state index is -0.387. The highest BCUT2D eigenvalue weighted by Crippen LogP contribution is 2.27. The standard InChI is InChI=1S/C10H11BrF/c1-7-4-3-5-9(10(7)11)8(2)6-12/h3-5H,6H2,1-2H3. The molecule has 0 aliphatic heterocycles. The third kappa shape index (κ3) is 1.86. The zero-order chi connectivity index (χ0) is 9.14. The molecule has 0 fully saturated rings. The summed E-state index contributed by atoms with van der Waals surface area (Å²) in [5.74, 6) is 0.769. The van der Waals surface area contributed by atoms with Gasteiger partial charge in [0.1, 0.15) is 0 Å². The molecule has 0 aliphatic carbocycles. The predicted molar refractivity (Wildman–Crippen MR) is 52.9 cm³/mol. The molecule has 0 atom stereocenters. The molecule has 0 aliphatic rings. The summed E-state index contributed by atoms with van der Waals surface area (Å²) in [5, 5.41) is 0. The summed E-state index contributed by atoms with van der Waals surface area (Å²) in [5.41, 5.74) is 2.11. The molecule has 12 heavy (non-hydrogen) atoms. The lowest BCUT2D eigenvalue weighted by atomic mass is 10.0. The van der Waals surface area contributed by atoms with E-state index in [9.17, 15) is 4.39 Å². The van der Waals surface area contributed by atoms with Crippen molar-refractivity contribution >= 4 is 15.9 Å². The second-order valence-corrected chi connectivity index (χ2v) is 3.64. The second-order valence-electron chi connectivity index (χ2n) is 2.85. The van der Waals surface area contributed by atoms with Gasteiger partial charge >= 0.3 is 0 Å². The van der Waals surface area contributed by atoms with Crippen molar-refractivity contribution in [2.75, 3.05) is 6.67 Å². The maximum Gasteiger partial charge on any atom is 0.0998 e. The molecule has 1 aromatic rings. The Labute approximate surface area is 80.9 Å². The Morgan fingerprint density at radius 2 is 2.17 bits per heavy atom. The third-order valence-electron chi connectivity index (χ3n) is 1.85. The first-order valence-electron chi connectivity index (χ1n) is 3.80. The molecule has 0 saturated heterocycles. The largest absolute Gasteiger partial charge is 0.250 e. The van der Waals surface area contributed by atoms with Gasteiger partial charge in [-0.3, -0.25) is 4.39 Å². The monoisotopic (exact) mass is 229 g/mol. The minimum absolute atomic E-state index is 0.387. The zero-order valence-electron chi connectivity index (χ0n) is 7.20. The number of halogens is 2. The Kier molecular flexibility index (Phi) is 3.27. The van der Waals surface area contributed by atoms with E-state index >= 15 is 0 Å². The average Bonchev–Trinajstić information content (AvgIpc) is 2.08. The highest BCUT2D eigenvalue weighted by Gasteiger charge is 2.10. The topological polar surface area (TPSA) is 0 Å². The van der Waals surface area contributed by atoms with Crippen molar-refractivity contribution in [3.05, 3.63) is 39.7 Å². The Balaban J connectivity index is 3.07. The van der Waals surface area contributed by atoms with Crippen LogP contribution in [0.4, 0.5) is 4.39 Å². The Morgan fingerprint density at radius 1 is 1.50 bits per heavy atom. The Hall–Kier alpha value is -0.370. The van der Waals surface area contributed by atoms with Gasteiger partial charge in [0.15, 0.2) is 0 Å². The van der Waals surface area contributed by atoms with Crippen molar-refractivity contribution in [3.63, 3.8) is 0 Å². The van der Waals surface area contributed by atoms with Crippen LogP contribution in [0.15, 0.2) is 22.7 Å². The lowest BCUT2D eigenvalue weighted by Gasteiger charge is -2.10. The lowest BCUT2D eigenvalue weighted by molar-refractivity contribution is 0.515. The second kappa shape index (κ2) is 4.04. The number of rotatable bonds is 2. The lowest BCUT2D eigenvalue weighted by Crippen LogP contribution is -1.98. The van der Waals surface area contributed by atoms with Crippen LogP contribution in [0.2, 0.25) is 0 Å². The molecule has 1 radical (unpaired) electrons. The zero-order valence-corrected chi connectivity index (χ0v) is 8.78. The van der Waals surface area contributed by atoms with Crippen molar-refractivity contribution in [3.8, 4) is 0 Å². The van der Waals surface area contributed by atoms with Crippen LogP contribution in [0, 0.1) is 12.8 Å². The van der Waals surface area contributed by atoms with Gasteiger partial charge in [-0.05, 0) is 18.1 Å². The maximum atomic E-state index is 12.3. The van der Waals surface area contributed by atoms with Crippen LogP contribution in [0.5, 0.6) is 0 Å². The smallest absolute Gasteiger partial charge is 0.0998 e. The number of hydrogen-bond donors (Lipinski definition) is 0. The molecule has 1 aromatic carbocycles. The average molecular weight is 230 g/mol. The Bertz CT molecular complexity index is 271. The van der Waals surface area contributed by atoms with E-state index in [4.69, 9.17) is 0 Å². The summed E-state index contributed by atoms with van der Waals surface area (Å²) in [6, 6.07) is 5.86. The van der Waals surface area contributed by atoms with E-state index in [2.05, 4.69) is 15.9 Å². The molecule has 0 spiro atoms. The van der Waals surface area contributed by atoms with Crippen LogP contribution in [0.25, 0.3) is 0 Å². The molecule has 0 nitrogen and oxygen atoms in total. The summed E-state index contributed by atoms with van der Waals surface area (Å²) < 4.78 is 13.3. The first-order chi connectivity index (χ1) is 5.66. The number of alkyl halides is 1. The number of aryl methyl sites for hydroxylation is 1. The molecule has 0 saturated carbocycles. The summed E-state index contributed by atoms with van der Waals surface area (Å²) in [7, 11) is 0. The van der Waals surface area contributed by atoms with Crippen molar-refractivity contribution in [1.82, 2.24) is 0 Å².